The second-order valence-electron chi connectivity index (χ2n) is 6.04. The van der Waals surface area contributed by atoms with E-state index in [4.69, 9.17) is 16.9 Å². The highest BCUT2D eigenvalue weighted by molar-refractivity contribution is 6.32. The number of aromatic nitrogens is 4. The van der Waals surface area contributed by atoms with E-state index in [1.807, 2.05) is 13.2 Å². The molecule has 0 aliphatic carbocycles. The van der Waals surface area contributed by atoms with Crippen molar-refractivity contribution >= 4 is 29.1 Å². The fraction of sp³-hybridized carbons (Fsp3) is 0.500. The molecule has 1 aliphatic heterocycles. The third kappa shape index (κ3) is 4.59. The molecule has 9 heteroatoms. The maximum Gasteiger partial charge on any atom is 0.229 e. The van der Waals surface area contributed by atoms with Crippen molar-refractivity contribution < 1.29 is 0 Å². The molecule has 2 aromatic heterocycles. The van der Waals surface area contributed by atoms with Gasteiger partial charge in [-0.05, 0) is 19.4 Å². The molecule has 0 unspecified atom stereocenters. The lowest BCUT2D eigenvalue weighted by molar-refractivity contribution is 0.268. The predicted molar refractivity (Wildman–Crippen MR) is 96.8 cm³/mol. The molecular formula is C16H21ClN8. The van der Waals surface area contributed by atoms with E-state index in [1.54, 1.807) is 17.1 Å². The van der Waals surface area contributed by atoms with Gasteiger partial charge in [0, 0.05) is 38.8 Å². The largest absolute Gasteiger partial charge is 0.367 e. The minimum atomic E-state index is 0.397. The second-order valence-corrected chi connectivity index (χ2v) is 6.45. The maximum atomic E-state index is 8.77. The van der Waals surface area contributed by atoms with Gasteiger partial charge in [-0.3, -0.25) is 9.58 Å². The first-order chi connectivity index (χ1) is 12.2. The van der Waals surface area contributed by atoms with Gasteiger partial charge < -0.3 is 10.6 Å². The van der Waals surface area contributed by atoms with Crippen LogP contribution in [-0.4, -0.2) is 50.3 Å². The third-order valence-corrected chi connectivity index (χ3v) is 4.50. The lowest BCUT2D eigenvalue weighted by Crippen LogP contribution is -2.35. The Morgan fingerprint density at radius 2 is 2.32 bits per heavy atom. The van der Waals surface area contributed by atoms with Crippen molar-refractivity contribution in [2.75, 3.05) is 30.3 Å². The Labute approximate surface area is 151 Å². The smallest absolute Gasteiger partial charge is 0.229 e. The van der Waals surface area contributed by atoms with Crippen molar-refractivity contribution in [1.29, 1.82) is 5.26 Å². The predicted octanol–water partition coefficient (Wildman–Crippen LogP) is 2.40. The number of likely N-dealkylation sites (tertiary alicyclic amines) is 1. The zero-order valence-corrected chi connectivity index (χ0v) is 14.9. The fourth-order valence-corrected chi connectivity index (χ4v) is 3.15. The van der Waals surface area contributed by atoms with Gasteiger partial charge >= 0.3 is 0 Å². The van der Waals surface area contributed by atoms with E-state index >= 15 is 0 Å². The standard InChI is InChI=1S/C16H21ClN8/c1-24-11-12(8-21-24)22-16-20-10-14(17)15(23-16)19-9-13-4-2-6-25(13)7-3-5-18/h8,10-11,13H,2-4,6-7,9H2,1H3,(H2,19,20,22,23)/t13-/m0/s1. The lowest BCUT2D eigenvalue weighted by atomic mass is 10.2. The molecule has 3 heterocycles. The van der Waals surface area contributed by atoms with Crippen LogP contribution in [0.2, 0.25) is 5.02 Å². The van der Waals surface area contributed by atoms with Gasteiger partial charge in [-0.15, -0.1) is 0 Å². The van der Waals surface area contributed by atoms with Crippen LogP contribution in [0.3, 0.4) is 0 Å². The summed E-state index contributed by atoms with van der Waals surface area (Å²) < 4.78 is 1.70. The number of halogens is 1. The lowest BCUT2D eigenvalue weighted by Gasteiger charge is -2.24. The van der Waals surface area contributed by atoms with Gasteiger partial charge in [0.25, 0.3) is 0 Å². The monoisotopic (exact) mass is 360 g/mol. The van der Waals surface area contributed by atoms with Crippen LogP contribution in [0.5, 0.6) is 0 Å². The van der Waals surface area contributed by atoms with Crippen molar-refractivity contribution in [3.8, 4) is 6.07 Å². The summed E-state index contributed by atoms with van der Waals surface area (Å²) in [6.07, 6.45) is 7.96. The molecule has 0 saturated carbocycles. The van der Waals surface area contributed by atoms with E-state index in [-0.39, 0.29) is 0 Å². The van der Waals surface area contributed by atoms with Crippen LogP contribution in [0, 0.1) is 11.3 Å². The number of hydrogen-bond acceptors (Lipinski definition) is 7. The van der Waals surface area contributed by atoms with Crippen molar-refractivity contribution in [2.24, 2.45) is 7.05 Å². The maximum absolute atomic E-state index is 8.77. The van der Waals surface area contributed by atoms with E-state index < -0.39 is 0 Å². The Morgan fingerprint density at radius 1 is 1.44 bits per heavy atom. The van der Waals surface area contributed by atoms with Crippen molar-refractivity contribution in [1.82, 2.24) is 24.6 Å². The molecule has 1 saturated heterocycles. The molecule has 3 rings (SSSR count). The molecule has 0 bridgehead atoms. The van der Waals surface area contributed by atoms with Gasteiger partial charge in [0.2, 0.25) is 5.95 Å². The number of rotatable bonds is 7. The second kappa shape index (κ2) is 8.14. The first-order valence-corrected chi connectivity index (χ1v) is 8.66. The summed E-state index contributed by atoms with van der Waals surface area (Å²) in [5.74, 6) is 1.07. The van der Waals surface area contributed by atoms with Crippen LogP contribution in [0.15, 0.2) is 18.6 Å². The van der Waals surface area contributed by atoms with Crippen molar-refractivity contribution in [3.05, 3.63) is 23.6 Å². The minimum Gasteiger partial charge on any atom is -0.367 e. The van der Waals surface area contributed by atoms with Gasteiger partial charge in [-0.25, -0.2) is 4.98 Å². The summed E-state index contributed by atoms with van der Waals surface area (Å²) in [7, 11) is 1.85. The highest BCUT2D eigenvalue weighted by Gasteiger charge is 2.24. The van der Waals surface area contributed by atoms with E-state index in [2.05, 4.69) is 36.7 Å². The average molecular weight is 361 g/mol. The highest BCUT2D eigenvalue weighted by atomic mass is 35.5. The Balaban J connectivity index is 1.62. The molecule has 8 nitrogen and oxygen atoms in total. The molecule has 1 atom stereocenters. The quantitative estimate of drug-likeness (QED) is 0.782. The van der Waals surface area contributed by atoms with Gasteiger partial charge in [0.1, 0.15) is 5.02 Å². The van der Waals surface area contributed by atoms with Crippen molar-refractivity contribution in [3.63, 3.8) is 0 Å². The molecule has 0 spiro atoms. The molecule has 0 radical (unpaired) electrons. The molecule has 25 heavy (non-hydrogen) atoms. The molecule has 0 aromatic carbocycles. The summed E-state index contributed by atoms with van der Waals surface area (Å²) in [5, 5.41) is 19.8. The van der Waals surface area contributed by atoms with Gasteiger partial charge in [-0.2, -0.15) is 15.3 Å². The summed E-state index contributed by atoms with van der Waals surface area (Å²) in [6, 6.07) is 2.61. The molecule has 132 valence electrons. The van der Waals surface area contributed by atoms with E-state index in [0.29, 0.717) is 29.3 Å². The summed E-state index contributed by atoms with van der Waals surface area (Å²) in [4.78, 5) is 11.0. The van der Waals surface area contributed by atoms with E-state index in [9.17, 15) is 0 Å². The Morgan fingerprint density at radius 3 is 3.08 bits per heavy atom. The molecule has 0 amide bonds. The first-order valence-electron chi connectivity index (χ1n) is 8.29. The first kappa shape index (κ1) is 17.5. The number of nitrogens with zero attached hydrogens (tertiary/aromatic N) is 6. The fourth-order valence-electron chi connectivity index (χ4n) is 2.99. The van der Waals surface area contributed by atoms with Crippen LogP contribution < -0.4 is 10.6 Å². The van der Waals surface area contributed by atoms with E-state index in [0.717, 1.165) is 38.2 Å². The third-order valence-electron chi connectivity index (χ3n) is 4.22. The average Bonchev–Trinajstić information content (AvgIpc) is 3.22. The summed E-state index contributed by atoms with van der Waals surface area (Å²) >= 11 is 6.22. The molecule has 2 N–H and O–H groups in total. The summed E-state index contributed by atoms with van der Waals surface area (Å²) in [6.45, 7) is 2.60. The topological polar surface area (TPSA) is 94.7 Å². The summed E-state index contributed by atoms with van der Waals surface area (Å²) in [5.41, 5.74) is 0.814. The zero-order valence-electron chi connectivity index (χ0n) is 14.1. The number of nitriles is 1. The number of anilines is 3. The van der Waals surface area contributed by atoms with Gasteiger partial charge in [0.15, 0.2) is 5.82 Å². The molecule has 1 fully saturated rings. The number of aryl methyl sites for hydroxylation is 1. The number of nitrogens with one attached hydrogen (secondary N) is 2. The SMILES string of the molecule is Cn1cc(Nc2ncc(Cl)c(NC[C@@H]3CCCN3CCC#N)n2)cn1. The normalized spacial score (nSPS) is 17.4. The molecule has 1 aliphatic rings. The van der Waals surface area contributed by atoms with Crippen LogP contribution >= 0.6 is 11.6 Å². The Kier molecular flexibility index (Phi) is 5.68. The van der Waals surface area contributed by atoms with Crippen LogP contribution in [0.4, 0.5) is 17.5 Å². The van der Waals surface area contributed by atoms with Gasteiger partial charge in [-0.1, -0.05) is 11.6 Å². The Hall–Kier alpha value is -2.37. The van der Waals surface area contributed by atoms with Crippen LogP contribution in [-0.2, 0) is 7.05 Å². The Bertz CT molecular complexity index is 753. The number of hydrogen-bond donors (Lipinski definition) is 2. The van der Waals surface area contributed by atoms with Gasteiger partial charge in [0.05, 0.1) is 24.2 Å². The van der Waals surface area contributed by atoms with Crippen LogP contribution in [0.1, 0.15) is 19.3 Å². The molecular weight excluding hydrogens is 340 g/mol. The molecule has 2 aromatic rings. The zero-order chi connectivity index (χ0) is 17.6. The van der Waals surface area contributed by atoms with Crippen LogP contribution in [0.25, 0.3) is 0 Å². The minimum absolute atomic E-state index is 0.397. The van der Waals surface area contributed by atoms with Crippen molar-refractivity contribution in [2.45, 2.75) is 25.3 Å². The highest BCUT2D eigenvalue weighted by Crippen LogP contribution is 2.23. The van der Waals surface area contributed by atoms with E-state index in [1.165, 1.54) is 0 Å².